The number of aliphatic carboxylic acids is 3. The maximum atomic E-state index is 13.4. The van der Waals surface area contributed by atoms with Crippen molar-refractivity contribution in [3.63, 3.8) is 0 Å². The Bertz CT molecular complexity index is 1520. The zero-order valence-electron chi connectivity index (χ0n) is 23.4. The number of nitrogens with two attached hydrogens (primary N) is 1. The van der Waals surface area contributed by atoms with Gasteiger partial charge in [-0.05, 0) is 42.2 Å². The summed E-state index contributed by atoms with van der Waals surface area (Å²) in [6, 6.07) is 7.14. The van der Waals surface area contributed by atoms with Crippen molar-refractivity contribution in [3.05, 3.63) is 65.9 Å². The minimum atomic E-state index is -1.80. The Hall–Kier alpha value is -5.44. The second-order valence-electron chi connectivity index (χ2n) is 10.1. The molecule has 0 saturated heterocycles. The van der Waals surface area contributed by atoms with Crippen LogP contribution in [-0.4, -0.2) is 85.2 Å². The molecule has 2 aromatic carbocycles. The Morgan fingerprint density at radius 3 is 2.00 bits per heavy atom. The van der Waals surface area contributed by atoms with E-state index in [-0.39, 0.29) is 25.0 Å². The number of nitrogens with one attached hydrogen (secondary N) is 4. The SMILES string of the molecule is NC(Cc1ccc(O)cc1)C(=O)NC(CCC(=O)O)C(=O)NC(Cc1c[nH]c2ccccc12)C(=O)NC(CC(=O)O)C(=O)O. The largest absolute Gasteiger partial charge is 0.508 e. The number of phenolic OH excluding ortho intramolecular Hbond substituents is 1. The number of fused-ring (bicyclic) bond motifs is 1. The van der Waals surface area contributed by atoms with Crippen LogP contribution in [0.1, 0.15) is 30.4 Å². The van der Waals surface area contributed by atoms with E-state index in [1.807, 2.05) is 0 Å². The van der Waals surface area contributed by atoms with Crippen LogP contribution >= 0.6 is 0 Å². The molecule has 3 rings (SSSR count). The van der Waals surface area contributed by atoms with Gasteiger partial charge in [-0.2, -0.15) is 0 Å². The minimum Gasteiger partial charge on any atom is -0.508 e. The van der Waals surface area contributed by atoms with E-state index in [4.69, 9.17) is 10.8 Å². The molecule has 15 heteroatoms. The fourth-order valence-corrected chi connectivity index (χ4v) is 4.44. The summed E-state index contributed by atoms with van der Waals surface area (Å²) in [7, 11) is 0. The van der Waals surface area contributed by atoms with Crippen LogP contribution < -0.4 is 21.7 Å². The van der Waals surface area contributed by atoms with Gasteiger partial charge in [0.15, 0.2) is 0 Å². The fourth-order valence-electron chi connectivity index (χ4n) is 4.44. The highest BCUT2D eigenvalue weighted by atomic mass is 16.4. The second kappa shape index (κ2) is 15.2. The van der Waals surface area contributed by atoms with Crippen LogP contribution in [0.15, 0.2) is 54.7 Å². The number of para-hydroxylation sites is 1. The summed E-state index contributed by atoms with van der Waals surface area (Å²) in [5, 5.41) is 44.9. The lowest BCUT2D eigenvalue weighted by Gasteiger charge is -2.25. The molecule has 1 heterocycles. The Morgan fingerprint density at radius 2 is 1.36 bits per heavy atom. The van der Waals surface area contributed by atoms with Crippen molar-refractivity contribution in [2.24, 2.45) is 5.73 Å². The highest BCUT2D eigenvalue weighted by Crippen LogP contribution is 2.19. The molecular formula is C29H33N5O10. The molecular weight excluding hydrogens is 578 g/mol. The van der Waals surface area contributed by atoms with E-state index in [1.54, 1.807) is 42.6 Å². The van der Waals surface area contributed by atoms with E-state index in [9.17, 15) is 44.1 Å². The van der Waals surface area contributed by atoms with E-state index in [0.29, 0.717) is 16.5 Å². The molecule has 0 aliphatic heterocycles. The Morgan fingerprint density at radius 1 is 0.750 bits per heavy atom. The molecule has 1 aromatic heterocycles. The third kappa shape index (κ3) is 9.55. The molecule has 15 nitrogen and oxygen atoms in total. The second-order valence-corrected chi connectivity index (χ2v) is 10.1. The highest BCUT2D eigenvalue weighted by Gasteiger charge is 2.32. The average Bonchev–Trinajstić information content (AvgIpc) is 3.37. The van der Waals surface area contributed by atoms with Gasteiger partial charge in [-0.15, -0.1) is 0 Å². The van der Waals surface area contributed by atoms with Crippen molar-refractivity contribution in [2.45, 2.75) is 56.3 Å². The first-order valence-electron chi connectivity index (χ1n) is 13.5. The van der Waals surface area contributed by atoms with Crippen LogP contribution in [0.2, 0.25) is 0 Å². The summed E-state index contributed by atoms with van der Waals surface area (Å²) in [5.41, 5.74) is 7.91. The maximum absolute atomic E-state index is 13.4. The number of aromatic nitrogens is 1. The first-order valence-corrected chi connectivity index (χ1v) is 13.5. The van der Waals surface area contributed by atoms with E-state index >= 15 is 0 Å². The molecule has 234 valence electrons. The summed E-state index contributed by atoms with van der Waals surface area (Å²) in [4.78, 5) is 76.7. The summed E-state index contributed by atoms with van der Waals surface area (Å²) < 4.78 is 0. The maximum Gasteiger partial charge on any atom is 0.326 e. The van der Waals surface area contributed by atoms with Crippen LogP contribution in [0.4, 0.5) is 0 Å². The van der Waals surface area contributed by atoms with Gasteiger partial charge in [0.25, 0.3) is 0 Å². The standard InChI is InChI=1S/C29H33N5O10/c30-19(11-15-5-7-17(35)8-6-15)26(40)32-21(9-10-24(36)37)27(41)33-22(28(42)34-23(29(43)44)13-25(38)39)12-16-14-31-20-4-2-1-3-18(16)20/h1-8,14,19,21-23,31,35H,9-13,30H2,(H,32,40)(H,33,41)(H,34,42)(H,36,37)(H,38,39)(H,43,44). The predicted octanol–water partition coefficient (Wildman–Crippen LogP) is -0.135. The molecule has 3 amide bonds. The lowest BCUT2D eigenvalue weighted by Crippen LogP contribution is -2.58. The van der Waals surface area contributed by atoms with Gasteiger partial charge in [0, 0.05) is 29.9 Å². The van der Waals surface area contributed by atoms with E-state index in [0.717, 1.165) is 5.52 Å². The number of carboxylic acids is 3. The number of phenols is 1. The third-order valence-corrected chi connectivity index (χ3v) is 6.73. The van der Waals surface area contributed by atoms with Gasteiger partial charge < -0.3 is 47.1 Å². The topological polar surface area (TPSA) is 261 Å². The van der Waals surface area contributed by atoms with Gasteiger partial charge in [0.1, 0.15) is 23.9 Å². The van der Waals surface area contributed by atoms with Crippen LogP contribution in [0.3, 0.4) is 0 Å². The number of carbonyl (C=O) groups excluding carboxylic acids is 3. The van der Waals surface area contributed by atoms with Crippen molar-refractivity contribution in [2.75, 3.05) is 0 Å². The number of benzene rings is 2. The summed E-state index contributed by atoms with van der Waals surface area (Å²) >= 11 is 0. The lowest BCUT2D eigenvalue weighted by atomic mass is 10.0. The number of aromatic amines is 1. The van der Waals surface area contributed by atoms with Gasteiger partial charge in [-0.3, -0.25) is 24.0 Å². The molecule has 4 atom stereocenters. The fraction of sp³-hybridized carbons (Fsp3) is 0.310. The quantitative estimate of drug-likeness (QED) is 0.103. The summed E-state index contributed by atoms with van der Waals surface area (Å²) in [6.07, 6.45) is -0.353. The van der Waals surface area contributed by atoms with Gasteiger partial charge in [-0.25, -0.2) is 4.79 Å². The van der Waals surface area contributed by atoms with Gasteiger partial charge in [-0.1, -0.05) is 30.3 Å². The molecule has 0 aliphatic carbocycles. The van der Waals surface area contributed by atoms with Crippen LogP contribution in [-0.2, 0) is 41.6 Å². The molecule has 0 saturated carbocycles. The molecule has 4 unspecified atom stereocenters. The number of carbonyl (C=O) groups is 6. The number of hydrogen-bond acceptors (Lipinski definition) is 8. The molecule has 0 bridgehead atoms. The predicted molar refractivity (Wildman–Crippen MR) is 154 cm³/mol. The first-order chi connectivity index (χ1) is 20.8. The molecule has 3 aromatic rings. The number of amides is 3. The average molecular weight is 612 g/mol. The van der Waals surface area contributed by atoms with Gasteiger partial charge in [0.2, 0.25) is 17.7 Å². The van der Waals surface area contributed by atoms with E-state index in [1.165, 1.54) is 12.1 Å². The van der Waals surface area contributed by atoms with Crippen molar-refractivity contribution in [1.29, 1.82) is 0 Å². The zero-order chi connectivity index (χ0) is 32.4. The smallest absolute Gasteiger partial charge is 0.326 e. The lowest BCUT2D eigenvalue weighted by molar-refractivity contribution is -0.147. The van der Waals surface area contributed by atoms with Crippen LogP contribution in [0.5, 0.6) is 5.75 Å². The van der Waals surface area contributed by atoms with Crippen LogP contribution in [0, 0.1) is 0 Å². The van der Waals surface area contributed by atoms with E-state index < -0.39 is 72.6 Å². The number of H-pyrrole nitrogens is 1. The van der Waals surface area contributed by atoms with E-state index in [2.05, 4.69) is 20.9 Å². The molecule has 0 spiro atoms. The molecule has 44 heavy (non-hydrogen) atoms. The molecule has 0 radical (unpaired) electrons. The summed E-state index contributed by atoms with van der Waals surface area (Å²) in [5.74, 6) is -7.06. The zero-order valence-corrected chi connectivity index (χ0v) is 23.4. The number of carboxylic acid groups (broad SMARTS) is 3. The molecule has 0 fully saturated rings. The van der Waals surface area contributed by atoms with Gasteiger partial charge >= 0.3 is 17.9 Å². The summed E-state index contributed by atoms with van der Waals surface area (Å²) in [6.45, 7) is 0. The first kappa shape index (κ1) is 33.1. The molecule has 10 N–H and O–H groups in total. The monoisotopic (exact) mass is 611 g/mol. The Labute approximate surface area is 250 Å². The Balaban J connectivity index is 1.83. The highest BCUT2D eigenvalue weighted by molar-refractivity contribution is 5.95. The van der Waals surface area contributed by atoms with Crippen molar-refractivity contribution in [1.82, 2.24) is 20.9 Å². The normalized spacial score (nSPS) is 13.7. The minimum absolute atomic E-state index is 0.0149. The molecule has 0 aliphatic rings. The van der Waals surface area contributed by atoms with Gasteiger partial charge in [0.05, 0.1) is 12.5 Å². The van der Waals surface area contributed by atoms with Crippen LogP contribution in [0.25, 0.3) is 10.9 Å². The number of aromatic hydroxyl groups is 1. The number of hydrogen-bond donors (Lipinski definition) is 9. The Kier molecular flexibility index (Phi) is 11.4. The van der Waals surface area contributed by atoms with Crippen molar-refractivity contribution >= 4 is 46.5 Å². The third-order valence-electron chi connectivity index (χ3n) is 6.73. The van der Waals surface area contributed by atoms with Crippen molar-refractivity contribution < 1.29 is 49.2 Å². The number of rotatable bonds is 16. The van der Waals surface area contributed by atoms with Crippen molar-refractivity contribution in [3.8, 4) is 5.75 Å².